The van der Waals surface area contributed by atoms with Gasteiger partial charge in [0.25, 0.3) is 5.91 Å². The maximum Gasteiger partial charge on any atom is 0.251 e. The van der Waals surface area contributed by atoms with Gasteiger partial charge in [0.15, 0.2) is 0 Å². The molecule has 2 N–H and O–H groups in total. The lowest BCUT2D eigenvalue weighted by molar-refractivity contribution is 0.0939. The van der Waals surface area contributed by atoms with Crippen molar-refractivity contribution < 1.29 is 13.2 Å². The van der Waals surface area contributed by atoms with E-state index in [1.807, 2.05) is 13.0 Å². The quantitative estimate of drug-likeness (QED) is 0.826. The second-order valence-electron chi connectivity index (χ2n) is 7.31. The van der Waals surface area contributed by atoms with Crippen molar-refractivity contribution in [1.29, 1.82) is 5.26 Å². The minimum absolute atomic E-state index is 0.106. The molecule has 0 radical (unpaired) electrons. The summed E-state index contributed by atoms with van der Waals surface area (Å²) in [5.74, 6) is -0.306. The summed E-state index contributed by atoms with van der Waals surface area (Å²) in [4.78, 5) is 12.5. The fourth-order valence-electron chi connectivity index (χ4n) is 2.46. The van der Waals surface area contributed by atoms with Gasteiger partial charge in [-0.05, 0) is 69.7 Å². The molecule has 27 heavy (non-hydrogen) atoms. The predicted octanol–water partition coefficient (Wildman–Crippen LogP) is 3.13. The Morgan fingerprint density at radius 2 is 1.59 bits per heavy atom. The third-order valence-corrected chi connectivity index (χ3v) is 5.53. The van der Waals surface area contributed by atoms with E-state index in [1.54, 1.807) is 45.0 Å². The van der Waals surface area contributed by atoms with Gasteiger partial charge in [-0.3, -0.25) is 4.79 Å². The third kappa shape index (κ3) is 5.64. The summed E-state index contributed by atoms with van der Waals surface area (Å²) < 4.78 is 27.2. The van der Waals surface area contributed by atoms with E-state index in [4.69, 9.17) is 5.26 Å². The molecule has 1 unspecified atom stereocenters. The molecule has 0 saturated heterocycles. The first-order valence-electron chi connectivity index (χ1n) is 8.47. The Balaban J connectivity index is 2.10. The van der Waals surface area contributed by atoms with Crippen molar-refractivity contribution in [1.82, 2.24) is 10.0 Å². The largest absolute Gasteiger partial charge is 0.346 e. The molecule has 2 aromatic carbocycles. The highest BCUT2D eigenvalue weighted by atomic mass is 32.2. The van der Waals surface area contributed by atoms with Crippen LogP contribution in [0.2, 0.25) is 0 Å². The van der Waals surface area contributed by atoms with Crippen LogP contribution < -0.4 is 10.0 Å². The smallest absolute Gasteiger partial charge is 0.251 e. The van der Waals surface area contributed by atoms with E-state index in [9.17, 15) is 13.2 Å². The number of benzene rings is 2. The van der Waals surface area contributed by atoms with Gasteiger partial charge >= 0.3 is 0 Å². The topological polar surface area (TPSA) is 99.1 Å². The van der Waals surface area contributed by atoms with Gasteiger partial charge in [-0.1, -0.05) is 12.1 Å². The Bertz CT molecular complexity index is 952. The fourth-order valence-corrected chi connectivity index (χ4v) is 3.88. The predicted molar refractivity (Wildman–Crippen MR) is 104 cm³/mol. The number of hydrogen-bond donors (Lipinski definition) is 2. The van der Waals surface area contributed by atoms with Gasteiger partial charge in [-0.2, -0.15) is 5.26 Å². The van der Waals surface area contributed by atoms with Crippen LogP contribution in [0.4, 0.5) is 0 Å². The molecular formula is C20H23N3O3S. The van der Waals surface area contributed by atoms with Crippen LogP contribution in [0, 0.1) is 11.3 Å². The third-order valence-electron chi connectivity index (χ3n) is 3.75. The van der Waals surface area contributed by atoms with E-state index >= 15 is 0 Å². The summed E-state index contributed by atoms with van der Waals surface area (Å²) in [6.07, 6.45) is 0. The highest BCUT2D eigenvalue weighted by molar-refractivity contribution is 7.89. The summed E-state index contributed by atoms with van der Waals surface area (Å²) in [7, 11) is -3.64. The molecule has 2 aromatic rings. The number of hydrogen-bond acceptors (Lipinski definition) is 4. The molecule has 1 atom stereocenters. The van der Waals surface area contributed by atoms with Crippen molar-refractivity contribution in [2.45, 2.75) is 44.2 Å². The van der Waals surface area contributed by atoms with Gasteiger partial charge in [0, 0.05) is 11.1 Å². The van der Waals surface area contributed by atoms with Crippen molar-refractivity contribution in [3.63, 3.8) is 0 Å². The fraction of sp³-hybridized carbons (Fsp3) is 0.300. The first-order chi connectivity index (χ1) is 12.5. The zero-order chi connectivity index (χ0) is 20.2. The Labute approximate surface area is 160 Å². The van der Waals surface area contributed by atoms with Crippen molar-refractivity contribution >= 4 is 15.9 Å². The van der Waals surface area contributed by atoms with Crippen LogP contribution in [0.25, 0.3) is 0 Å². The van der Waals surface area contributed by atoms with Crippen LogP contribution in [0.15, 0.2) is 53.4 Å². The molecule has 1 amide bonds. The van der Waals surface area contributed by atoms with Crippen LogP contribution in [0.5, 0.6) is 0 Å². The molecule has 7 heteroatoms. The highest BCUT2D eigenvalue weighted by Gasteiger charge is 2.22. The average molecular weight is 385 g/mol. The molecule has 0 aliphatic rings. The van der Waals surface area contributed by atoms with Crippen LogP contribution in [-0.2, 0) is 10.0 Å². The van der Waals surface area contributed by atoms with E-state index < -0.39 is 15.6 Å². The lowest BCUT2D eigenvalue weighted by Gasteiger charge is -2.20. The number of amides is 1. The Hall–Kier alpha value is -2.69. The van der Waals surface area contributed by atoms with Gasteiger partial charge in [0.05, 0.1) is 22.6 Å². The summed E-state index contributed by atoms with van der Waals surface area (Å²) >= 11 is 0. The molecule has 0 saturated carbocycles. The van der Waals surface area contributed by atoms with Crippen LogP contribution in [0.1, 0.15) is 55.2 Å². The molecule has 0 spiro atoms. The molecule has 0 aromatic heterocycles. The van der Waals surface area contributed by atoms with Gasteiger partial charge in [0.2, 0.25) is 10.0 Å². The Morgan fingerprint density at radius 1 is 1.04 bits per heavy atom. The number of carbonyl (C=O) groups excluding carboxylic acids is 1. The molecule has 0 bridgehead atoms. The SMILES string of the molecule is CC(NC(=O)c1ccc(S(=O)(=O)NC(C)(C)C)cc1)c1ccc(C#N)cc1. The second kappa shape index (κ2) is 7.91. The maximum atomic E-state index is 12.4. The minimum Gasteiger partial charge on any atom is -0.346 e. The molecule has 0 heterocycles. The van der Waals surface area contributed by atoms with Crippen molar-refractivity contribution in [2.75, 3.05) is 0 Å². The summed E-state index contributed by atoms with van der Waals surface area (Å²) in [6, 6.07) is 14.6. The number of nitrogens with one attached hydrogen (secondary N) is 2. The molecule has 0 aliphatic heterocycles. The van der Waals surface area contributed by atoms with Gasteiger partial charge < -0.3 is 5.32 Å². The number of sulfonamides is 1. The normalized spacial score (nSPS) is 12.9. The van der Waals surface area contributed by atoms with E-state index in [0.717, 1.165) is 5.56 Å². The number of nitrogens with zero attached hydrogens (tertiary/aromatic N) is 1. The van der Waals surface area contributed by atoms with Gasteiger partial charge in [-0.25, -0.2) is 13.1 Å². The van der Waals surface area contributed by atoms with Gasteiger partial charge in [0.1, 0.15) is 0 Å². The first-order valence-corrected chi connectivity index (χ1v) is 9.95. The van der Waals surface area contributed by atoms with E-state index in [2.05, 4.69) is 10.0 Å². The summed E-state index contributed by atoms with van der Waals surface area (Å²) in [5.41, 5.74) is 1.20. The maximum absolute atomic E-state index is 12.4. The minimum atomic E-state index is -3.64. The summed E-state index contributed by atoms with van der Waals surface area (Å²) in [6.45, 7) is 7.12. The first kappa shape index (κ1) is 20.6. The van der Waals surface area contributed by atoms with Crippen LogP contribution >= 0.6 is 0 Å². The van der Waals surface area contributed by atoms with Crippen LogP contribution in [-0.4, -0.2) is 19.9 Å². The summed E-state index contributed by atoms with van der Waals surface area (Å²) in [5, 5.41) is 11.7. The van der Waals surface area contributed by atoms with Crippen molar-refractivity contribution in [2.24, 2.45) is 0 Å². The molecule has 2 rings (SSSR count). The lowest BCUT2D eigenvalue weighted by Crippen LogP contribution is -2.40. The van der Waals surface area contributed by atoms with Crippen molar-refractivity contribution in [3.8, 4) is 6.07 Å². The monoisotopic (exact) mass is 385 g/mol. The molecule has 142 valence electrons. The standard InChI is InChI=1S/C20H23N3O3S/c1-14(16-7-5-15(13-21)6-8-16)22-19(24)17-9-11-18(12-10-17)27(25,26)23-20(2,3)4/h5-12,14,23H,1-4H3,(H,22,24). The highest BCUT2D eigenvalue weighted by Crippen LogP contribution is 2.16. The zero-order valence-electron chi connectivity index (χ0n) is 15.8. The number of nitriles is 1. The number of carbonyl (C=O) groups is 1. The zero-order valence-corrected chi connectivity index (χ0v) is 16.6. The average Bonchev–Trinajstić information content (AvgIpc) is 2.60. The molecule has 0 aliphatic carbocycles. The molecule has 6 nitrogen and oxygen atoms in total. The lowest BCUT2D eigenvalue weighted by atomic mass is 10.1. The number of rotatable bonds is 5. The van der Waals surface area contributed by atoms with E-state index in [-0.39, 0.29) is 16.8 Å². The van der Waals surface area contributed by atoms with Crippen molar-refractivity contribution in [3.05, 3.63) is 65.2 Å². The second-order valence-corrected chi connectivity index (χ2v) is 8.99. The van der Waals surface area contributed by atoms with Crippen LogP contribution in [0.3, 0.4) is 0 Å². The van der Waals surface area contributed by atoms with Gasteiger partial charge in [-0.15, -0.1) is 0 Å². The Kier molecular flexibility index (Phi) is 6.04. The van der Waals surface area contributed by atoms with E-state index in [1.165, 1.54) is 24.3 Å². The van der Waals surface area contributed by atoms with E-state index in [0.29, 0.717) is 11.1 Å². The molecular weight excluding hydrogens is 362 g/mol. The molecule has 0 fully saturated rings. The Morgan fingerprint density at radius 3 is 2.07 bits per heavy atom.